The van der Waals surface area contributed by atoms with Crippen molar-refractivity contribution in [1.82, 2.24) is 0 Å². The van der Waals surface area contributed by atoms with Crippen molar-refractivity contribution in [2.24, 2.45) is 0 Å². The molecule has 0 atom stereocenters. The lowest BCUT2D eigenvalue weighted by molar-refractivity contribution is 1.76. The molecule has 0 amide bonds. The van der Waals surface area contributed by atoms with E-state index in [2.05, 4.69) is 50.5 Å². The molecule has 0 nitrogen and oxygen atoms in total. The standard InChI is InChI=1S/C10H18Si2/c1-11(2)9-7-5-6-8-10(9)12(3)4/h5-8,11-12H,1-4H3. The van der Waals surface area contributed by atoms with Crippen LogP contribution in [0.4, 0.5) is 0 Å². The van der Waals surface area contributed by atoms with Gasteiger partial charge in [0.05, 0.1) is 17.6 Å². The van der Waals surface area contributed by atoms with E-state index in [0.717, 1.165) is 0 Å². The highest BCUT2D eigenvalue weighted by molar-refractivity contribution is 6.82. The number of hydrogen-bond acceptors (Lipinski definition) is 0. The number of hydrogen-bond donors (Lipinski definition) is 0. The summed E-state index contributed by atoms with van der Waals surface area (Å²) in [5.74, 6) is 0. The normalized spacial score (nSPS) is 11.2. The lowest BCUT2D eigenvalue weighted by Crippen LogP contribution is -2.43. The van der Waals surface area contributed by atoms with Crippen LogP contribution in [0.25, 0.3) is 0 Å². The molecule has 0 aliphatic carbocycles. The van der Waals surface area contributed by atoms with Crippen molar-refractivity contribution in [1.29, 1.82) is 0 Å². The van der Waals surface area contributed by atoms with Crippen LogP contribution in [0, 0.1) is 0 Å². The molecular formula is C10H18Si2. The van der Waals surface area contributed by atoms with E-state index in [-0.39, 0.29) is 0 Å². The molecule has 2 heteroatoms. The van der Waals surface area contributed by atoms with E-state index < -0.39 is 17.6 Å². The van der Waals surface area contributed by atoms with Gasteiger partial charge in [-0.05, 0) is 0 Å². The average Bonchev–Trinajstić information content (AvgIpc) is 2.04. The monoisotopic (exact) mass is 194 g/mol. The highest BCUT2D eigenvalue weighted by atomic mass is 28.3. The SMILES string of the molecule is C[SiH](C)c1ccccc1[SiH](C)C. The van der Waals surface area contributed by atoms with Gasteiger partial charge in [0.1, 0.15) is 0 Å². The number of benzene rings is 1. The minimum atomic E-state index is -0.590. The van der Waals surface area contributed by atoms with Crippen molar-refractivity contribution in [2.75, 3.05) is 0 Å². The third-order valence-corrected chi connectivity index (χ3v) is 6.11. The Kier molecular flexibility index (Phi) is 3.29. The first-order valence-corrected chi connectivity index (χ1v) is 10.5. The van der Waals surface area contributed by atoms with E-state index in [1.165, 1.54) is 0 Å². The summed E-state index contributed by atoms with van der Waals surface area (Å²) in [5, 5.41) is 3.39. The van der Waals surface area contributed by atoms with Gasteiger partial charge in [0.15, 0.2) is 0 Å². The molecule has 0 bridgehead atoms. The second-order valence-electron chi connectivity index (χ2n) is 3.94. The van der Waals surface area contributed by atoms with Gasteiger partial charge in [-0.15, -0.1) is 0 Å². The molecule has 1 aromatic rings. The van der Waals surface area contributed by atoms with Gasteiger partial charge < -0.3 is 0 Å². The molecule has 0 saturated heterocycles. The molecule has 0 aromatic heterocycles. The van der Waals surface area contributed by atoms with E-state index >= 15 is 0 Å². The van der Waals surface area contributed by atoms with Gasteiger partial charge in [0.25, 0.3) is 0 Å². The van der Waals surface area contributed by atoms with Crippen molar-refractivity contribution in [2.45, 2.75) is 26.2 Å². The summed E-state index contributed by atoms with van der Waals surface area (Å²) >= 11 is 0. The Labute approximate surface area is 78.8 Å². The predicted octanol–water partition coefficient (Wildman–Crippen LogP) is 1.07. The maximum atomic E-state index is 2.41. The summed E-state index contributed by atoms with van der Waals surface area (Å²) in [6.45, 7) is 9.65. The van der Waals surface area contributed by atoms with Crippen LogP contribution >= 0.6 is 0 Å². The molecular weight excluding hydrogens is 176 g/mol. The quantitative estimate of drug-likeness (QED) is 0.618. The summed E-state index contributed by atoms with van der Waals surface area (Å²) in [7, 11) is -1.18. The van der Waals surface area contributed by atoms with Crippen molar-refractivity contribution >= 4 is 28.0 Å². The fourth-order valence-electron chi connectivity index (χ4n) is 1.56. The van der Waals surface area contributed by atoms with E-state index in [1.54, 1.807) is 10.4 Å². The third kappa shape index (κ3) is 2.08. The van der Waals surface area contributed by atoms with Crippen LogP contribution in [0.1, 0.15) is 0 Å². The van der Waals surface area contributed by atoms with Crippen molar-refractivity contribution < 1.29 is 0 Å². The first kappa shape index (κ1) is 9.74. The van der Waals surface area contributed by atoms with Crippen LogP contribution in [-0.2, 0) is 0 Å². The smallest absolute Gasteiger partial charge is 0.0645 e. The molecule has 0 saturated carbocycles. The van der Waals surface area contributed by atoms with Crippen molar-refractivity contribution in [3.63, 3.8) is 0 Å². The Morgan fingerprint density at radius 3 is 1.33 bits per heavy atom. The van der Waals surface area contributed by atoms with Crippen molar-refractivity contribution in [3.05, 3.63) is 24.3 Å². The molecule has 0 fully saturated rings. The Balaban J connectivity index is 3.09. The molecule has 66 valence electrons. The first-order chi connectivity index (χ1) is 5.63. The molecule has 1 rings (SSSR count). The molecule has 0 N–H and O–H groups in total. The minimum absolute atomic E-state index is 0.590. The van der Waals surface area contributed by atoms with E-state index in [1.807, 2.05) is 0 Å². The molecule has 12 heavy (non-hydrogen) atoms. The zero-order chi connectivity index (χ0) is 9.14. The van der Waals surface area contributed by atoms with Crippen LogP contribution in [0.5, 0.6) is 0 Å². The van der Waals surface area contributed by atoms with Gasteiger partial charge in [0.2, 0.25) is 0 Å². The van der Waals surface area contributed by atoms with E-state index in [0.29, 0.717) is 0 Å². The maximum absolute atomic E-state index is 2.41. The van der Waals surface area contributed by atoms with Crippen molar-refractivity contribution in [3.8, 4) is 0 Å². The summed E-state index contributed by atoms with van der Waals surface area (Å²) in [4.78, 5) is 0. The zero-order valence-electron chi connectivity index (χ0n) is 8.46. The summed E-state index contributed by atoms with van der Waals surface area (Å²) in [6.07, 6.45) is 0. The number of rotatable bonds is 2. The van der Waals surface area contributed by atoms with Gasteiger partial charge >= 0.3 is 0 Å². The summed E-state index contributed by atoms with van der Waals surface area (Å²) in [5.41, 5.74) is 0. The Morgan fingerprint density at radius 2 is 1.08 bits per heavy atom. The average molecular weight is 194 g/mol. The topological polar surface area (TPSA) is 0 Å². The van der Waals surface area contributed by atoms with Crippen LogP contribution in [0.2, 0.25) is 26.2 Å². The molecule has 1 aromatic carbocycles. The molecule has 0 unspecified atom stereocenters. The second kappa shape index (κ2) is 4.05. The van der Waals surface area contributed by atoms with Crippen LogP contribution in [-0.4, -0.2) is 17.6 Å². The van der Waals surface area contributed by atoms with E-state index in [9.17, 15) is 0 Å². The lowest BCUT2D eigenvalue weighted by atomic mass is 10.4. The van der Waals surface area contributed by atoms with Gasteiger partial charge in [-0.3, -0.25) is 0 Å². The Hall–Kier alpha value is -0.346. The van der Waals surface area contributed by atoms with Gasteiger partial charge in [-0.1, -0.05) is 60.8 Å². The Bertz CT molecular complexity index is 227. The highest BCUT2D eigenvalue weighted by Crippen LogP contribution is 1.89. The van der Waals surface area contributed by atoms with Gasteiger partial charge in [-0.25, -0.2) is 0 Å². The molecule has 0 aliphatic rings. The lowest BCUT2D eigenvalue weighted by Gasteiger charge is -2.13. The van der Waals surface area contributed by atoms with E-state index in [4.69, 9.17) is 0 Å². The van der Waals surface area contributed by atoms with Gasteiger partial charge in [0, 0.05) is 0 Å². The maximum Gasteiger partial charge on any atom is 0.0645 e. The fraction of sp³-hybridized carbons (Fsp3) is 0.400. The molecule has 0 spiro atoms. The van der Waals surface area contributed by atoms with Crippen LogP contribution < -0.4 is 10.4 Å². The zero-order valence-corrected chi connectivity index (χ0v) is 10.8. The minimum Gasteiger partial charge on any atom is -0.0682 e. The molecule has 0 radical (unpaired) electrons. The largest absolute Gasteiger partial charge is 0.0682 e. The Morgan fingerprint density at radius 1 is 0.750 bits per heavy atom. The predicted molar refractivity (Wildman–Crippen MR) is 63.5 cm³/mol. The van der Waals surface area contributed by atoms with Gasteiger partial charge in [-0.2, -0.15) is 0 Å². The summed E-state index contributed by atoms with van der Waals surface area (Å²) in [6, 6.07) is 9.03. The second-order valence-corrected chi connectivity index (χ2v) is 9.80. The first-order valence-electron chi connectivity index (χ1n) is 4.71. The molecule has 0 aliphatic heterocycles. The third-order valence-electron chi connectivity index (χ3n) is 2.24. The highest BCUT2D eigenvalue weighted by Gasteiger charge is 2.09. The molecule has 0 heterocycles. The summed E-state index contributed by atoms with van der Waals surface area (Å²) < 4.78 is 0. The fourth-order valence-corrected chi connectivity index (χ4v) is 6.08. The van der Waals surface area contributed by atoms with Crippen LogP contribution in [0.15, 0.2) is 24.3 Å². The van der Waals surface area contributed by atoms with Crippen LogP contribution in [0.3, 0.4) is 0 Å².